The number of alkyl halides is 3. The molecule has 4 aromatic rings. The van der Waals surface area contributed by atoms with Crippen LogP contribution in [0.2, 0.25) is 0 Å². The SMILES string of the molecule is NS(=O)(=O)c1ccc(-c2noc(-c3cn[nH]c3CCc3ccc(C(F)(F)F)cc3)n2)cc1. The minimum Gasteiger partial charge on any atom is -0.333 e. The topological polar surface area (TPSA) is 128 Å². The summed E-state index contributed by atoms with van der Waals surface area (Å²) in [5, 5.41) is 15.8. The molecule has 0 radical (unpaired) electrons. The van der Waals surface area contributed by atoms with Crippen molar-refractivity contribution in [2.75, 3.05) is 0 Å². The van der Waals surface area contributed by atoms with Gasteiger partial charge in [-0.25, -0.2) is 13.6 Å². The molecule has 2 heterocycles. The smallest absolute Gasteiger partial charge is 0.333 e. The molecule has 0 saturated heterocycles. The fourth-order valence-electron chi connectivity index (χ4n) is 3.06. The van der Waals surface area contributed by atoms with Crippen LogP contribution in [0, 0.1) is 0 Å². The first-order valence-electron chi connectivity index (χ1n) is 9.27. The molecule has 2 aromatic carbocycles. The van der Waals surface area contributed by atoms with Crippen molar-refractivity contribution in [2.45, 2.75) is 23.9 Å². The zero-order valence-corrected chi connectivity index (χ0v) is 17.1. The average molecular weight is 463 g/mol. The summed E-state index contributed by atoms with van der Waals surface area (Å²) < 4.78 is 66.1. The summed E-state index contributed by atoms with van der Waals surface area (Å²) in [5.41, 5.74) is 1.82. The Morgan fingerprint density at radius 1 is 1.00 bits per heavy atom. The van der Waals surface area contributed by atoms with Gasteiger partial charge in [-0.3, -0.25) is 5.10 Å². The van der Waals surface area contributed by atoms with E-state index in [1.165, 1.54) is 42.6 Å². The molecule has 4 rings (SSSR count). The Hall–Kier alpha value is -3.51. The molecule has 166 valence electrons. The van der Waals surface area contributed by atoms with Gasteiger partial charge in [0.2, 0.25) is 15.8 Å². The van der Waals surface area contributed by atoms with Crippen LogP contribution in [0.15, 0.2) is 64.1 Å². The first-order valence-corrected chi connectivity index (χ1v) is 10.8. The van der Waals surface area contributed by atoms with Crippen LogP contribution in [0.25, 0.3) is 22.8 Å². The lowest BCUT2D eigenvalue weighted by molar-refractivity contribution is -0.137. The van der Waals surface area contributed by atoms with Crippen molar-refractivity contribution in [3.8, 4) is 22.8 Å². The lowest BCUT2D eigenvalue weighted by atomic mass is 10.0. The number of hydrogen-bond acceptors (Lipinski definition) is 6. The second kappa shape index (κ2) is 8.20. The van der Waals surface area contributed by atoms with Gasteiger partial charge in [0.15, 0.2) is 0 Å². The lowest BCUT2D eigenvalue weighted by Gasteiger charge is -2.07. The zero-order chi connectivity index (χ0) is 22.9. The number of nitrogens with one attached hydrogen (secondary N) is 1. The summed E-state index contributed by atoms with van der Waals surface area (Å²) in [6, 6.07) is 10.7. The number of H-pyrrole nitrogens is 1. The van der Waals surface area contributed by atoms with E-state index in [0.29, 0.717) is 29.7 Å². The molecule has 32 heavy (non-hydrogen) atoms. The highest BCUT2D eigenvalue weighted by atomic mass is 32.2. The Morgan fingerprint density at radius 2 is 1.69 bits per heavy atom. The highest BCUT2D eigenvalue weighted by Crippen LogP contribution is 2.30. The molecule has 3 N–H and O–H groups in total. The number of aromatic nitrogens is 4. The molecule has 0 saturated carbocycles. The third kappa shape index (κ3) is 4.70. The minimum atomic E-state index is -4.37. The van der Waals surface area contributed by atoms with Crippen LogP contribution in [0.3, 0.4) is 0 Å². The number of aryl methyl sites for hydroxylation is 2. The van der Waals surface area contributed by atoms with E-state index in [2.05, 4.69) is 20.3 Å². The highest BCUT2D eigenvalue weighted by Gasteiger charge is 2.29. The van der Waals surface area contributed by atoms with Crippen molar-refractivity contribution < 1.29 is 26.1 Å². The molecular weight excluding hydrogens is 447 g/mol. The van der Waals surface area contributed by atoms with Gasteiger partial charge in [-0.15, -0.1) is 0 Å². The van der Waals surface area contributed by atoms with Gasteiger partial charge in [-0.2, -0.15) is 23.3 Å². The van der Waals surface area contributed by atoms with E-state index in [1.807, 2.05) is 0 Å². The standard InChI is InChI=1S/C20H16F3N5O3S/c21-20(22,23)14-6-1-12(2-7-14)3-10-17-16(11-25-27-17)19-26-18(28-31-19)13-4-8-15(9-5-13)32(24,29)30/h1-2,4-9,11H,3,10H2,(H,25,27)(H2,24,29,30). The summed E-state index contributed by atoms with van der Waals surface area (Å²) in [6.07, 6.45) is -1.92. The molecule has 0 bridgehead atoms. The summed E-state index contributed by atoms with van der Waals surface area (Å²) in [4.78, 5) is 4.29. The maximum Gasteiger partial charge on any atom is 0.416 e. The molecule has 0 atom stereocenters. The van der Waals surface area contributed by atoms with Gasteiger partial charge in [0.25, 0.3) is 5.89 Å². The van der Waals surface area contributed by atoms with Crippen molar-refractivity contribution >= 4 is 10.0 Å². The Balaban J connectivity index is 1.49. The van der Waals surface area contributed by atoms with Gasteiger partial charge >= 0.3 is 6.18 Å². The van der Waals surface area contributed by atoms with Crippen LogP contribution >= 0.6 is 0 Å². The fraction of sp³-hybridized carbons (Fsp3) is 0.150. The molecule has 0 aliphatic heterocycles. The number of rotatable bonds is 6. The largest absolute Gasteiger partial charge is 0.416 e. The summed E-state index contributed by atoms with van der Waals surface area (Å²) in [6.45, 7) is 0. The molecule has 0 fully saturated rings. The van der Waals surface area contributed by atoms with Crippen molar-refractivity contribution in [3.05, 3.63) is 71.5 Å². The molecule has 0 aliphatic rings. The number of primary sulfonamides is 1. The van der Waals surface area contributed by atoms with Gasteiger partial charge in [0, 0.05) is 11.3 Å². The third-order valence-corrected chi connectivity index (χ3v) is 5.69. The van der Waals surface area contributed by atoms with Gasteiger partial charge in [0.1, 0.15) is 0 Å². The normalized spacial score (nSPS) is 12.2. The maximum atomic E-state index is 12.7. The van der Waals surface area contributed by atoms with Gasteiger partial charge in [0.05, 0.1) is 22.2 Å². The molecular formula is C20H16F3N5O3S. The quantitative estimate of drug-likeness (QED) is 0.450. The molecule has 0 spiro atoms. The first-order chi connectivity index (χ1) is 15.1. The van der Waals surface area contributed by atoms with E-state index in [4.69, 9.17) is 9.66 Å². The monoisotopic (exact) mass is 463 g/mol. The third-order valence-electron chi connectivity index (χ3n) is 4.76. The Labute approximate surface area is 180 Å². The van der Waals surface area contributed by atoms with E-state index in [1.54, 1.807) is 0 Å². The number of hydrogen-bond donors (Lipinski definition) is 2. The summed E-state index contributed by atoms with van der Waals surface area (Å²) in [7, 11) is -3.81. The number of nitrogens with zero attached hydrogens (tertiary/aromatic N) is 3. The van der Waals surface area contributed by atoms with Crippen LogP contribution in [-0.4, -0.2) is 28.8 Å². The van der Waals surface area contributed by atoms with Crippen molar-refractivity contribution in [2.24, 2.45) is 5.14 Å². The first kappa shape index (κ1) is 21.7. The van der Waals surface area contributed by atoms with Crippen LogP contribution < -0.4 is 5.14 Å². The minimum absolute atomic E-state index is 0.0367. The molecule has 0 amide bonds. The Morgan fingerprint density at radius 3 is 2.31 bits per heavy atom. The van der Waals surface area contributed by atoms with Crippen molar-refractivity contribution in [3.63, 3.8) is 0 Å². The predicted octanol–water partition coefficient (Wildman–Crippen LogP) is 3.58. The molecule has 2 aromatic heterocycles. The Kier molecular flexibility index (Phi) is 5.57. The highest BCUT2D eigenvalue weighted by molar-refractivity contribution is 7.89. The lowest BCUT2D eigenvalue weighted by Crippen LogP contribution is -2.11. The van der Waals surface area contributed by atoms with Crippen molar-refractivity contribution in [1.82, 2.24) is 20.3 Å². The number of halogens is 3. The van der Waals surface area contributed by atoms with E-state index in [0.717, 1.165) is 17.7 Å². The molecule has 0 unspecified atom stereocenters. The molecule has 12 heteroatoms. The zero-order valence-electron chi connectivity index (χ0n) is 16.3. The van der Waals surface area contributed by atoms with Gasteiger partial charge < -0.3 is 4.52 Å². The van der Waals surface area contributed by atoms with E-state index < -0.39 is 21.8 Å². The van der Waals surface area contributed by atoms with Crippen LogP contribution in [0.4, 0.5) is 13.2 Å². The van der Waals surface area contributed by atoms with E-state index >= 15 is 0 Å². The second-order valence-electron chi connectivity index (χ2n) is 6.95. The molecule has 8 nitrogen and oxygen atoms in total. The summed E-state index contributed by atoms with van der Waals surface area (Å²) >= 11 is 0. The van der Waals surface area contributed by atoms with Gasteiger partial charge in [-0.1, -0.05) is 17.3 Å². The number of sulfonamides is 1. The number of aromatic amines is 1. The van der Waals surface area contributed by atoms with Crippen molar-refractivity contribution in [1.29, 1.82) is 0 Å². The van der Waals surface area contributed by atoms with Crippen LogP contribution in [0.1, 0.15) is 16.8 Å². The molecule has 0 aliphatic carbocycles. The second-order valence-corrected chi connectivity index (χ2v) is 8.51. The fourth-order valence-corrected chi connectivity index (χ4v) is 3.58. The summed E-state index contributed by atoms with van der Waals surface area (Å²) in [5.74, 6) is 0.447. The van der Waals surface area contributed by atoms with Gasteiger partial charge in [-0.05, 0) is 54.8 Å². The van der Waals surface area contributed by atoms with E-state index in [-0.39, 0.29) is 16.6 Å². The number of nitrogens with two attached hydrogens (primary N) is 1. The predicted molar refractivity (Wildman–Crippen MR) is 108 cm³/mol. The Bertz CT molecular complexity index is 1330. The number of benzene rings is 2. The maximum absolute atomic E-state index is 12.7. The average Bonchev–Trinajstić information content (AvgIpc) is 3.41. The van der Waals surface area contributed by atoms with E-state index in [9.17, 15) is 21.6 Å². The van der Waals surface area contributed by atoms with Crippen LogP contribution in [-0.2, 0) is 29.0 Å². The van der Waals surface area contributed by atoms with Crippen LogP contribution in [0.5, 0.6) is 0 Å².